The van der Waals surface area contributed by atoms with Crippen molar-refractivity contribution in [2.45, 2.75) is 37.9 Å². The molecular formula is C14H22N4O3. The van der Waals surface area contributed by atoms with Gasteiger partial charge in [-0.3, -0.25) is 9.48 Å². The number of aromatic nitrogens is 2. The van der Waals surface area contributed by atoms with E-state index in [9.17, 15) is 4.79 Å². The van der Waals surface area contributed by atoms with E-state index in [0.717, 1.165) is 30.5 Å². The van der Waals surface area contributed by atoms with E-state index in [4.69, 9.17) is 15.6 Å². The van der Waals surface area contributed by atoms with Gasteiger partial charge < -0.3 is 20.9 Å². The molecule has 3 rings (SSSR count). The van der Waals surface area contributed by atoms with E-state index in [0.29, 0.717) is 19.8 Å². The van der Waals surface area contributed by atoms with Gasteiger partial charge in [0.1, 0.15) is 0 Å². The lowest BCUT2D eigenvalue weighted by atomic mass is 9.92. The van der Waals surface area contributed by atoms with Crippen LogP contribution in [0.4, 0.5) is 0 Å². The smallest absolute Gasteiger partial charge is 0.227 e. The predicted octanol–water partition coefficient (Wildman–Crippen LogP) is -0.657. The van der Waals surface area contributed by atoms with Crippen molar-refractivity contribution in [1.29, 1.82) is 0 Å². The normalized spacial score (nSPS) is 28.4. The van der Waals surface area contributed by atoms with Crippen LogP contribution in [0.3, 0.4) is 0 Å². The maximum absolute atomic E-state index is 12.3. The van der Waals surface area contributed by atoms with Gasteiger partial charge in [-0.05, 0) is 19.3 Å². The number of amides is 1. The quantitative estimate of drug-likeness (QED) is 0.684. The number of fused-ring (bicyclic) bond motifs is 1. The first-order chi connectivity index (χ1) is 10.2. The van der Waals surface area contributed by atoms with E-state index < -0.39 is 0 Å². The summed E-state index contributed by atoms with van der Waals surface area (Å²) >= 11 is 0. The van der Waals surface area contributed by atoms with Crippen LogP contribution in [0.1, 0.15) is 30.1 Å². The van der Waals surface area contributed by atoms with Gasteiger partial charge in [-0.15, -0.1) is 0 Å². The third-order valence-electron chi connectivity index (χ3n) is 4.35. The molecule has 7 nitrogen and oxygen atoms in total. The fraction of sp³-hybridized carbons (Fsp3) is 0.714. The van der Waals surface area contributed by atoms with Crippen molar-refractivity contribution in [3.63, 3.8) is 0 Å². The molecule has 1 fully saturated rings. The Morgan fingerprint density at radius 1 is 1.57 bits per heavy atom. The largest absolute Gasteiger partial charge is 0.394 e. The molecule has 4 N–H and O–H groups in total. The highest BCUT2D eigenvalue weighted by Crippen LogP contribution is 2.30. The Kier molecular flexibility index (Phi) is 4.23. The minimum atomic E-state index is -0.261. The summed E-state index contributed by atoms with van der Waals surface area (Å²) in [6, 6.07) is -0.230. The first-order valence-electron chi connectivity index (χ1n) is 7.50. The number of rotatable bonds is 4. The number of hydrogen-bond donors (Lipinski definition) is 3. The molecule has 3 unspecified atom stereocenters. The van der Waals surface area contributed by atoms with Crippen molar-refractivity contribution in [1.82, 2.24) is 15.1 Å². The van der Waals surface area contributed by atoms with Crippen molar-refractivity contribution in [2.75, 3.05) is 19.8 Å². The van der Waals surface area contributed by atoms with Crippen LogP contribution in [0.15, 0.2) is 6.20 Å². The molecule has 7 heteroatoms. The third-order valence-corrected chi connectivity index (χ3v) is 4.35. The first kappa shape index (κ1) is 14.5. The molecule has 0 aromatic carbocycles. The van der Waals surface area contributed by atoms with Gasteiger partial charge in [-0.25, -0.2) is 0 Å². The lowest BCUT2D eigenvalue weighted by Crippen LogP contribution is -2.42. The summed E-state index contributed by atoms with van der Waals surface area (Å²) in [5.74, 6) is -0.296. The second-order valence-electron chi connectivity index (χ2n) is 5.75. The summed E-state index contributed by atoms with van der Waals surface area (Å²) in [5, 5.41) is 16.5. The number of hydrogen-bond acceptors (Lipinski definition) is 5. The third kappa shape index (κ3) is 2.81. The topological polar surface area (TPSA) is 102 Å². The lowest BCUT2D eigenvalue weighted by Gasteiger charge is -2.26. The van der Waals surface area contributed by atoms with Gasteiger partial charge >= 0.3 is 0 Å². The summed E-state index contributed by atoms with van der Waals surface area (Å²) in [5.41, 5.74) is 8.08. The zero-order chi connectivity index (χ0) is 14.8. The van der Waals surface area contributed by atoms with Gasteiger partial charge in [0.05, 0.1) is 44.5 Å². The van der Waals surface area contributed by atoms with Crippen LogP contribution in [0.2, 0.25) is 0 Å². The van der Waals surface area contributed by atoms with Gasteiger partial charge in [0.25, 0.3) is 0 Å². The molecule has 2 heterocycles. The number of carbonyl (C=O) groups is 1. The van der Waals surface area contributed by atoms with E-state index in [1.807, 2.05) is 4.68 Å². The number of aliphatic hydroxyl groups excluding tert-OH is 1. The Bertz CT molecular complexity index is 516. The zero-order valence-electron chi connectivity index (χ0n) is 12.0. The molecule has 1 aliphatic carbocycles. The molecule has 1 aromatic heterocycles. The van der Waals surface area contributed by atoms with E-state index >= 15 is 0 Å². The molecule has 1 aromatic rings. The van der Waals surface area contributed by atoms with Crippen LogP contribution < -0.4 is 11.1 Å². The highest BCUT2D eigenvalue weighted by Gasteiger charge is 2.34. The van der Waals surface area contributed by atoms with Crippen molar-refractivity contribution in [2.24, 2.45) is 11.7 Å². The number of nitrogens with zero attached hydrogens (tertiary/aromatic N) is 2. The summed E-state index contributed by atoms with van der Waals surface area (Å²) in [6.45, 7) is 1.41. The van der Waals surface area contributed by atoms with E-state index in [1.165, 1.54) is 0 Å². The Hall–Kier alpha value is -1.44. The van der Waals surface area contributed by atoms with Gasteiger partial charge in [0.15, 0.2) is 0 Å². The SMILES string of the molecule is NC1COCC1C(=O)NC1CCCc2c1cnn2CCO. The highest BCUT2D eigenvalue weighted by atomic mass is 16.5. The maximum Gasteiger partial charge on any atom is 0.227 e. The number of nitrogens with two attached hydrogens (primary N) is 1. The molecule has 21 heavy (non-hydrogen) atoms. The predicted molar refractivity (Wildman–Crippen MR) is 75.4 cm³/mol. The second-order valence-corrected chi connectivity index (χ2v) is 5.75. The van der Waals surface area contributed by atoms with Crippen molar-refractivity contribution < 1.29 is 14.6 Å². The van der Waals surface area contributed by atoms with Crippen molar-refractivity contribution in [3.8, 4) is 0 Å². The van der Waals surface area contributed by atoms with Gasteiger partial charge in [-0.1, -0.05) is 0 Å². The highest BCUT2D eigenvalue weighted by molar-refractivity contribution is 5.80. The Morgan fingerprint density at radius 2 is 2.43 bits per heavy atom. The fourth-order valence-corrected chi connectivity index (χ4v) is 3.18. The summed E-state index contributed by atoms with van der Waals surface area (Å²) in [7, 11) is 0. The van der Waals surface area contributed by atoms with Crippen LogP contribution in [0, 0.1) is 5.92 Å². The van der Waals surface area contributed by atoms with Crippen molar-refractivity contribution in [3.05, 3.63) is 17.5 Å². The monoisotopic (exact) mass is 294 g/mol. The molecule has 1 aliphatic heterocycles. The molecular weight excluding hydrogens is 272 g/mol. The summed E-state index contributed by atoms with van der Waals surface area (Å²) in [4.78, 5) is 12.3. The fourth-order valence-electron chi connectivity index (χ4n) is 3.18. The Labute approximate surface area is 123 Å². The van der Waals surface area contributed by atoms with Crippen LogP contribution in [-0.4, -0.2) is 46.7 Å². The molecule has 0 radical (unpaired) electrons. The minimum Gasteiger partial charge on any atom is -0.394 e. The molecule has 1 saturated heterocycles. The summed E-state index contributed by atoms with van der Waals surface area (Å²) < 4.78 is 7.09. The summed E-state index contributed by atoms with van der Waals surface area (Å²) in [6.07, 6.45) is 4.66. The number of carbonyl (C=O) groups excluding carboxylic acids is 1. The van der Waals surface area contributed by atoms with Gasteiger partial charge in [-0.2, -0.15) is 5.10 Å². The van der Waals surface area contributed by atoms with Gasteiger partial charge in [0, 0.05) is 17.3 Å². The van der Waals surface area contributed by atoms with Crippen LogP contribution in [-0.2, 0) is 22.5 Å². The van der Waals surface area contributed by atoms with E-state index in [2.05, 4.69) is 10.4 Å². The maximum atomic E-state index is 12.3. The van der Waals surface area contributed by atoms with Crippen LogP contribution in [0.25, 0.3) is 0 Å². The molecule has 2 aliphatic rings. The Morgan fingerprint density at radius 3 is 3.14 bits per heavy atom. The number of ether oxygens (including phenoxy) is 1. The van der Waals surface area contributed by atoms with Crippen LogP contribution in [0.5, 0.6) is 0 Å². The zero-order valence-corrected chi connectivity index (χ0v) is 12.0. The Balaban J connectivity index is 1.72. The average molecular weight is 294 g/mol. The average Bonchev–Trinajstić information content (AvgIpc) is 3.07. The number of nitrogens with one attached hydrogen (secondary N) is 1. The van der Waals surface area contributed by atoms with Gasteiger partial charge in [0.2, 0.25) is 5.91 Å². The van der Waals surface area contributed by atoms with E-state index in [1.54, 1.807) is 6.20 Å². The molecule has 0 spiro atoms. The first-order valence-corrected chi connectivity index (χ1v) is 7.50. The standard InChI is InChI=1S/C14H22N4O3/c15-11-8-21-7-10(11)14(20)17-12-2-1-3-13-9(12)6-16-18(13)4-5-19/h6,10-12,19H,1-5,7-8,15H2,(H,17,20). The molecule has 1 amide bonds. The number of aliphatic hydroxyl groups is 1. The molecule has 0 bridgehead atoms. The minimum absolute atomic E-state index is 0.0125. The van der Waals surface area contributed by atoms with Crippen LogP contribution >= 0.6 is 0 Å². The molecule has 0 saturated carbocycles. The van der Waals surface area contributed by atoms with E-state index in [-0.39, 0.29) is 30.5 Å². The molecule has 3 atom stereocenters. The van der Waals surface area contributed by atoms with Crippen molar-refractivity contribution >= 4 is 5.91 Å². The molecule has 116 valence electrons. The lowest BCUT2D eigenvalue weighted by molar-refractivity contribution is -0.126. The second kappa shape index (κ2) is 6.13.